The third-order valence-corrected chi connectivity index (χ3v) is 5.25. The molecule has 0 saturated carbocycles. The fraction of sp³-hybridized carbons (Fsp3) is 0.304. The Morgan fingerprint density at radius 3 is 2.39 bits per heavy atom. The molecule has 1 amide bonds. The largest absolute Gasteiger partial charge is 0.441 e. The van der Waals surface area contributed by atoms with E-state index in [1.54, 1.807) is 0 Å². The molecule has 0 unspecified atom stereocenters. The SMILES string of the molecule is Cc1oc(-c2ccccc2)nc1CN1CCC(NC(=O)c2ccccc2)CC1. The Morgan fingerprint density at radius 2 is 1.71 bits per heavy atom. The number of benzene rings is 2. The van der Waals surface area contributed by atoms with Crippen molar-refractivity contribution in [2.75, 3.05) is 13.1 Å². The average molecular weight is 375 g/mol. The minimum Gasteiger partial charge on any atom is -0.441 e. The Bertz CT molecular complexity index is 914. The zero-order valence-corrected chi connectivity index (χ0v) is 16.1. The fourth-order valence-electron chi connectivity index (χ4n) is 3.58. The van der Waals surface area contributed by atoms with Gasteiger partial charge in [0.1, 0.15) is 5.76 Å². The fourth-order valence-corrected chi connectivity index (χ4v) is 3.58. The van der Waals surface area contributed by atoms with E-state index in [1.165, 1.54) is 0 Å². The molecule has 0 bridgehead atoms. The molecule has 5 nitrogen and oxygen atoms in total. The maximum Gasteiger partial charge on any atom is 0.251 e. The van der Waals surface area contributed by atoms with E-state index in [9.17, 15) is 4.79 Å². The molecule has 3 aromatic rings. The Labute approximate surface area is 165 Å². The van der Waals surface area contributed by atoms with Crippen molar-refractivity contribution < 1.29 is 9.21 Å². The summed E-state index contributed by atoms with van der Waals surface area (Å²) in [4.78, 5) is 19.4. The van der Waals surface area contributed by atoms with Crippen molar-refractivity contribution in [2.24, 2.45) is 0 Å². The van der Waals surface area contributed by atoms with Gasteiger partial charge in [-0.05, 0) is 44.0 Å². The van der Waals surface area contributed by atoms with Crippen LogP contribution in [0.15, 0.2) is 65.1 Å². The number of oxazole rings is 1. The lowest BCUT2D eigenvalue weighted by Crippen LogP contribution is -2.44. The predicted octanol–water partition coefficient (Wildman–Crippen LogP) is 4.04. The first-order valence-corrected chi connectivity index (χ1v) is 9.79. The van der Waals surface area contributed by atoms with Crippen LogP contribution in [0.3, 0.4) is 0 Å². The summed E-state index contributed by atoms with van der Waals surface area (Å²) in [6.45, 7) is 4.63. The van der Waals surface area contributed by atoms with Crippen molar-refractivity contribution in [3.8, 4) is 11.5 Å². The van der Waals surface area contributed by atoms with Gasteiger partial charge in [0.2, 0.25) is 5.89 Å². The topological polar surface area (TPSA) is 58.4 Å². The summed E-state index contributed by atoms with van der Waals surface area (Å²) >= 11 is 0. The Balaban J connectivity index is 1.31. The molecule has 1 N–H and O–H groups in total. The lowest BCUT2D eigenvalue weighted by molar-refractivity contribution is 0.0908. The molecule has 0 radical (unpaired) electrons. The van der Waals surface area contributed by atoms with Crippen LogP contribution in [-0.4, -0.2) is 34.9 Å². The van der Waals surface area contributed by atoms with E-state index in [0.717, 1.165) is 55.1 Å². The number of aryl methyl sites for hydroxylation is 1. The number of carbonyl (C=O) groups excluding carboxylic acids is 1. The molecule has 2 heterocycles. The molecule has 1 saturated heterocycles. The van der Waals surface area contributed by atoms with Crippen LogP contribution in [0, 0.1) is 6.92 Å². The Morgan fingerprint density at radius 1 is 1.07 bits per heavy atom. The molecule has 4 rings (SSSR count). The molecule has 144 valence electrons. The van der Waals surface area contributed by atoms with Crippen LogP contribution in [0.5, 0.6) is 0 Å². The highest BCUT2D eigenvalue weighted by molar-refractivity contribution is 5.94. The van der Waals surface area contributed by atoms with Crippen molar-refractivity contribution in [2.45, 2.75) is 32.4 Å². The molecule has 1 aromatic heterocycles. The van der Waals surface area contributed by atoms with E-state index in [-0.39, 0.29) is 11.9 Å². The molecule has 0 spiro atoms. The van der Waals surface area contributed by atoms with Crippen molar-refractivity contribution in [1.82, 2.24) is 15.2 Å². The van der Waals surface area contributed by atoms with E-state index < -0.39 is 0 Å². The summed E-state index contributed by atoms with van der Waals surface area (Å²) in [5.74, 6) is 1.57. The second-order valence-corrected chi connectivity index (χ2v) is 7.28. The van der Waals surface area contributed by atoms with E-state index in [0.29, 0.717) is 5.89 Å². The monoisotopic (exact) mass is 375 g/mol. The van der Waals surface area contributed by atoms with Crippen LogP contribution >= 0.6 is 0 Å². The number of carbonyl (C=O) groups is 1. The number of hydrogen-bond donors (Lipinski definition) is 1. The molecule has 1 aliphatic heterocycles. The number of rotatable bonds is 5. The summed E-state index contributed by atoms with van der Waals surface area (Å²) in [6, 6.07) is 19.6. The summed E-state index contributed by atoms with van der Waals surface area (Å²) in [6.07, 6.45) is 1.89. The number of likely N-dealkylation sites (tertiary alicyclic amines) is 1. The highest BCUT2D eigenvalue weighted by Gasteiger charge is 2.23. The van der Waals surface area contributed by atoms with Crippen LogP contribution in [0.4, 0.5) is 0 Å². The van der Waals surface area contributed by atoms with Gasteiger partial charge in [0, 0.05) is 36.8 Å². The highest BCUT2D eigenvalue weighted by Crippen LogP contribution is 2.23. The zero-order valence-electron chi connectivity index (χ0n) is 16.1. The minimum atomic E-state index is 0.0129. The van der Waals surface area contributed by atoms with Crippen molar-refractivity contribution >= 4 is 5.91 Å². The number of piperidine rings is 1. The van der Waals surface area contributed by atoms with Crippen LogP contribution in [0.2, 0.25) is 0 Å². The van der Waals surface area contributed by atoms with Gasteiger partial charge in [-0.25, -0.2) is 4.98 Å². The Hall–Kier alpha value is -2.92. The van der Waals surface area contributed by atoms with Gasteiger partial charge >= 0.3 is 0 Å². The van der Waals surface area contributed by atoms with Crippen LogP contribution < -0.4 is 5.32 Å². The van der Waals surface area contributed by atoms with Crippen molar-refractivity contribution in [3.05, 3.63) is 77.7 Å². The smallest absolute Gasteiger partial charge is 0.251 e. The van der Waals surface area contributed by atoms with Gasteiger partial charge in [0.25, 0.3) is 5.91 Å². The molecule has 0 atom stereocenters. The van der Waals surface area contributed by atoms with Gasteiger partial charge in [-0.3, -0.25) is 9.69 Å². The number of nitrogens with one attached hydrogen (secondary N) is 1. The Kier molecular flexibility index (Phi) is 5.53. The van der Waals surface area contributed by atoms with Gasteiger partial charge in [-0.2, -0.15) is 0 Å². The molecule has 2 aromatic carbocycles. The number of nitrogens with zero attached hydrogens (tertiary/aromatic N) is 2. The van der Waals surface area contributed by atoms with Crippen LogP contribution in [0.25, 0.3) is 11.5 Å². The highest BCUT2D eigenvalue weighted by atomic mass is 16.4. The quantitative estimate of drug-likeness (QED) is 0.731. The first kappa shape index (κ1) is 18.4. The first-order chi connectivity index (χ1) is 13.7. The number of aromatic nitrogens is 1. The first-order valence-electron chi connectivity index (χ1n) is 9.79. The average Bonchev–Trinajstić information content (AvgIpc) is 3.11. The normalized spacial score (nSPS) is 15.5. The van der Waals surface area contributed by atoms with Crippen LogP contribution in [0.1, 0.15) is 34.7 Å². The van der Waals surface area contributed by atoms with Crippen molar-refractivity contribution in [1.29, 1.82) is 0 Å². The molecule has 28 heavy (non-hydrogen) atoms. The molecule has 1 aliphatic rings. The third kappa shape index (κ3) is 4.31. The van der Waals surface area contributed by atoms with Gasteiger partial charge < -0.3 is 9.73 Å². The summed E-state index contributed by atoms with van der Waals surface area (Å²) in [5.41, 5.74) is 2.71. The second kappa shape index (κ2) is 8.40. The maximum atomic E-state index is 12.3. The standard InChI is InChI=1S/C23H25N3O2/c1-17-21(25-23(28-17)19-10-6-3-7-11-19)16-26-14-12-20(13-15-26)24-22(27)18-8-4-2-5-9-18/h2-11,20H,12-16H2,1H3,(H,24,27). The number of amides is 1. The second-order valence-electron chi connectivity index (χ2n) is 7.28. The van der Waals surface area contributed by atoms with E-state index in [1.807, 2.05) is 67.6 Å². The summed E-state index contributed by atoms with van der Waals surface area (Å²) in [7, 11) is 0. The van der Waals surface area contributed by atoms with Gasteiger partial charge in [0.05, 0.1) is 5.69 Å². The lowest BCUT2D eigenvalue weighted by Gasteiger charge is -2.31. The van der Waals surface area contributed by atoms with E-state index in [4.69, 9.17) is 9.40 Å². The van der Waals surface area contributed by atoms with Crippen LogP contribution in [-0.2, 0) is 6.54 Å². The predicted molar refractivity (Wildman–Crippen MR) is 109 cm³/mol. The minimum absolute atomic E-state index is 0.0129. The van der Waals surface area contributed by atoms with Crippen molar-refractivity contribution in [3.63, 3.8) is 0 Å². The molecular weight excluding hydrogens is 350 g/mol. The zero-order chi connectivity index (χ0) is 19.3. The van der Waals surface area contributed by atoms with Gasteiger partial charge in [0.15, 0.2) is 0 Å². The third-order valence-electron chi connectivity index (χ3n) is 5.25. The van der Waals surface area contributed by atoms with E-state index in [2.05, 4.69) is 10.2 Å². The maximum absolute atomic E-state index is 12.3. The molecule has 0 aliphatic carbocycles. The summed E-state index contributed by atoms with van der Waals surface area (Å²) < 4.78 is 5.87. The van der Waals surface area contributed by atoms with E-state index >= 15 is 0 Å². The number of hydrogen-bond acceptors (Lipinski definition) is 4. The molecular formula is C23H25N3O2. The van der Waals surface area contributed by atoms with Gasteiger partial charge in [-0.15, -0.1) is 0 Å². The van der Waals surface area contributed by atoms with Gasteiger partial charge in [-0.1, -0.05) is 36.4 Å². The molecule has 1 fully saturated rings. The lowest BCUT2D eigenvalue weighted by atomic mass is 10.0. The molecule has 5 heteroatoms. The summed E-state index contributed by atoms with van der Waals surface area (Å²) in [5, 5.41) is 3.16.